The van der Waals surface area contributed by atoms with Gasteiger partial charge in [0.05, 0.1) is 17.6 Å². The molecule has 1 fully saturated rings. The number of carbonyl (C=O) groups excluding carboxylic acids is 1. The van der Waals surface area contributed by atoms with Gasteiger partial charge in [-0.1, -0.05) is 55.0 Å². The van der Waals surface area contributed by atoms with Gasteiger partial charge in [-0.3, -0.25) is 4.79 Å². The van der Waals surface area contributed by atoms with Crippen molar-refractivity contribution in [2.24, 2.45) is 0 Å². The van der Waals surface area contributed by atoms with Gasteiger partial charge in [0.1, 0.15) is 18.2 Å². The number of aryl methyl sites for hydroxylation is 2. The Balaban J connectivity index is 1.41. The molecule has 0 saturated carbocycles. The number of nitrogens with zero attached hydrogens (tertiary/aromatic N) is 3. The minimum atomic E-state index is 0.0502. The van der Waals surface area contributed by atoms with Crippen LogP contribution in [0.25, 0.3) is 11.0 Å². The number of rotatable bonds is 7. The summed E-state index contributed by atoms with van der Waals surface area (Å²) in [6, 6.07) is 24.5. The van der Waals surface area contributed by atoms with Gasteiger partial charge in [-0.25, -0.2) is 4.98 Å². The Labute approximate surface area is 194 Å². The van der Waals surface area contributed by atoms with Crippen molar-refractivity contribution in [3.8, 4) is 5.75 Å². The lowest BCUT2D eigenvalue weighted by molar-refractivity contribution is -0.117. The standard InChI is InChI=1S/C28H29N3O2/c1-3-21-8-4-6-10-25(21)31-19-22(18-27(31)32)28-29-24-9-5-7-11-26(24)30(28)16-17-33-23-14-12-20(2)13-15-23/h4-15,22H,3,16-19H2,1-2H3/t22-/m1/s1. The molecular formula is C28H29N3O2. The molecule has 2 heterocycles. The Kier molecular flexibility index (Phi) is 5.86. The third-order valence-corrected chi connectivity index (χ3v) is 6.44. The van der Waals surface area contributed by atoms with Gasteiger partial charge in [0.2, 0.25) is 5.91 Å². The Hall–Kier alpha value is -3.60. The smallest absolute Gasteiger partial charge is 0.227 e. The zero-order valence-corrected chi connectivity index (χ0v) is 19.2. The third-order valence-electron chi connectivity index (χ3n) is 6.44. The van der Waals surface area contributed by atoms with Gasteiger partial charge in [-0.2, -0.15) is 0 Å². The van der Waals surface area contributed by atoms with Crippen LogP contribution in [-0.2, 0) is 17.8 Å². The molecule has 5 rings (SSSR count). The molecule has 0 N–H and O–H groups in total. The minimum absolute atomic E-state index is 0.0502. The van der Waals surface area contributed by atoms with Gasteiger partial charge < -0.3 is 14.2 Å². The van der Waals surface area contributed by atoms with Gasteiger partial charge in [0.15, 0.2) is 0 Å². The summed E-state index contributed by atoms with van der Waals surface area (Å²) in [6.45, 7) is 6.07. The van der Waals surface area contributed by atoms with Crippen molar-refractivity contribution in [1.29, 1.82) is 0 Å². The van der Waals surface area contributed by atoms with Gasteiger partial charge in [-0.05, 0) is 49.2 Å². The minimum Gasteiger partial charge on any atom is -0.492 e. The average molecular weight is 440 g/mol. The van der Waals surface area contributed by atoms with Crippen LogP contribution in [0.1, 0.15) is 36.2 Å². The van der Waals surface area contributed by atoms with Crippen molar-refractivity contribution in [3.05, 3.63) is 89.7 Å². The Morgan fingerprint density at radius 3 is 2.58 bits per heavy atom. The molecule has 1 aromatic heterocycles. The van der Waals surface area contributed by atoms with E-state index in [0.29, 0.717) is 26.1 Å². The molecule has 1 atom stereocenters. The summed E-state index contributed by atoms with van der Waals surface area (Å²) in [5.74, 6) is 2.04. The molecule has 1 aliphatic heterocycles. The lowest BCUT2D eigenvalue weighted by atomic mass is 10.1. The number of hydrogen-bond acceptors (Lipinski definition) is 3. The molecule has 5 nitrogen and oxygen atoms in total. The highest BCUT2D eigenvalue weighted by atomic mass is 16.5. The Morgan fingerprint density at radius 1 is 1.00 bits per heavy atom. The molecule has 5 heteroatoms. The maximum atomic E-state index is 13.0. The van der Waals surface area contributed by atoms with E-state index in [-0.39, 0.29) is 11.8 Å². The van der Waals surface area contributed by atoms with Gasteiger partial charge in [-0.15, -0.1) is 0 Å². The molecule has 0 spiro atoms. The summed E-state index contributed by atoms with van der Waals surface area (Å²) in [4.78, 5) is 19.9. The van der Waals surface area contributed by atoms with E-state index in [1.807, 2.05) is 47.4 Å². The van der Waals surface area contributed by atoms with Crippen LogP contribution in [-0.4, -0.2) is 28.6 Å². The van der Waals surface area contributed by atoms with Crippen LogP contribution in [0.5, 0.6) is 5.75 Å². The van der Waals surface area contributed by atoms with Crippen molar-refractivity contribution >= 4 is 22.6 Å². The lowest BCUT2D eigenvalue weighted by Crippen LogP contribution is -2.25. The van der Waals surface area contributed by atoms with Crippen LogP contribution in [0.15, 0.2) is 72.8 Å². The SMILES string of the molecule is CCc1ccccc1N1C[C@H](c2nc3ccccc3n2CCOc2ccc(C)cc2)CC1=O. The van der Waals surface area contributed by atoms with Crippen LogP contribution in [0, 0.1) is 6.92 Å². The van der Waals surface area contributed by atoms with Crippen molar-refractivity contribution in [1.82, 2.24) is 9.55 Å². The van der Waals surface area contributed by atoms with Crippen molar-refractivity contribution < 1.29 is 9.53 Å². The summed E-state index contributed by atoms with van der Waals surface area (Å²) < 4.78 is 8.25. The number of ether oxygens (including phenoxy) is 1. The van der Waals surface area contributed by atoms with E-state index in [9.17, 15) is 4.79 Å². The second-order valence-corrected chi connectivity index (χ2v) is 8.66. The van der Waals surface area contributed by atoms with Gasteiger partial charge in [0, 0.05) is 24.6 Å². The van der Waals surface area contributed by atoms with E-state index in [1.54, 1.807) is 0 Å². The molecule has 33 heavy (non-hydrogen) atoms. The first-order valence-electron chi connectivity index (χ1n) is 11.7. The highest BCUT2D eigenvalue weighted by Crippen LogP contribution is 2.34. The second kappa shape index (κ2) is 9.10. The number of fused-ring (bicyclic) bond motifs is 1. The lowest BCUT2D eigenvalue weighted by Gasteiger charge is -2.20. The van der Waals surface area contributed by atoms with Crippen LogP contribution < -0.4 is 9.64 Å². The van der Waals surface area contributed by atoms with E-state index in [2.05, 4.69) is 48.7 Å². The number of imidazole rings is 1. The molecular weight excluding hydrogens is 410 g/mol. The number of amides is 1. The van der Waals surface area contributed by atoms with E-state index in [4.69, 9.17) is 9.72 Å². The maximum Gasteiger partial charge on any atom is 0.227 e. The monoisotopic (exact) mass is 439 g/mol. The van der Waals surface area contributed by atoms with Crippen LogP contribution in [0.4, 0.5) is 5.69 Å². The highest BCUT2D eigenvalue weighted by Gasteiger charge is 2.35. The number of carbonyl (C=O) groups is 1. The van der Waals surface area contributed by atoms with Crippen molar-refractivity contribution in [3.63, 3.8) is 0 Å². The molecule has 4 aromatic rings. The first kappa shape index (κ1) is 21.3. The summed E-state index contributed by atoms with van der Waals surface area (Å²) in [5, 5.41) is 0. The predicted octanol–water partition coefficient (Wildman–Crippen LogP) is 5.51. The first-order valence-corrected chi connectivity index (χ1v) is 11.7. The number of para-hydroxylation sites is 3. The number of aromatic nitrogens is 2. The van der Waals surface area contributed by atoms with E-state index < -0.39 is 0 Å². The molecule has 3 aromatic carbocycles. The molecule has 1 amide bonds. The zero-order valence-electron chi connectivity index (χ0n) is 19.2. The second-order valence-electron chi connectivity index (χ2n) is 8.66. The molecule has 0 bridgehead atoms. The van der Waals surface area contributed by atoms with Crippen LogP contribution >= 0.6 is 0 Å². The fraction of sp³-hybridized carbons (Fsp3) is 0.286. The van der Waals surface area contributed by atoms with Gasteiger partial charge >= 0.3 is 0 Å². The average Bonchev–Trinajstić information content (AvgIpc) is 3.41. The summed E-state index contributed by atoms with van der Waals surface area (Å²) in [6.07, 6.45) is 1.37. The number of anilines is 1. The summed E-state index contributed by atoms with van der Waals surface area (Å²) in [5.41, 5.74) is 5.48. The topological polar surface area (TPSA) is 47.4 Å². The van der Waals surface area contributed by atoms with Crippen LogP contribution in [0.3, 0.4) is 0 Å². The van der Waals surface area contributed by atoms with Crippen molar-refractivity contribution in [2.75, 3.05) is 18.1 Å². The van der Waals surface area contributed by atoms with Gasteiger partial charge in [0.25, 0.3) is 0 Å². The van der Waals surface area contributed by atoms with E-state index in [1.165, 1.54) is 11.1 Å². The van der Waals surface area contributed by atoms with Crippen LogP contribution in [0.2, 0.25) is 0 Å². The maximum absolute atomic E-state index is 13.0. The number of benzene rings is 3. The van der Waals surface area contributed by atoms with E-state index in [0.717, 1.165) is 34.7 Å². The first-order chi connectivity index (χ1) is 16.1. The quantitative estimate of drug-likeness (QED) is 0.382. The molecule has 0 aliphatic carbocycles. The number of hydrogen-bond donors (Lipinski definition) is 0. The highest BCUT2D eigenvalue weighted by molar-refractivity contribution is 5.97. The zero-order chi connectivity index (χ0) is 22.8. The third kappa shape index (κ3) is 4.23. The summed E-state index contributed by atoms with van der Waals surface area (Å²) >= 11 is 0. The molecule has 0 unspecified atom stereocenters. The molecule has 168 valence electrons. The fourth-order valence-electron chi connectivity index (χ4n) is 4.72. The Bertz CT molecular complexity index is 1280. The van der Waals surface area contributed by atoms with Crippen molar-refractivity contribution in [2.45, 2.75) is 39.2 Å². The summed E-state index contributed by atoms with van der Waals surface area (Å²) in [7, 11) is 0. The van der Waals surface area contributed by atoms with E-state index >= 15 is 0 Å². The predicted molar refractivity (Wildman–Crippen MR) is 132 cm³/mol. The Morgan fingerprint density at radius 2 is 1.76 bits per heavy atom. The molecule has 1 saturated heterocycles. The normalized spacial score (nSPS) is 16.0. The fourth-order valence-corrected chi connectivity index (χ4v) is 4.72. The molecule has 0 radical (unpaired) electrons. The molecule has 1 aliphatic rings. The largest absolute Gasteiger partial charge is 0.492 e.